The number of hydrogen-bond donors (Lipinski definition) is 4. The Morgan fingerprint density at radius 3 is 2.04 bits per heavy atom. The van der Waals surface area contributed by atoms with Crippen molar-refractivity contribution < 1.29 is 14.4 Å². The number of anilines is 2. The van der Waals surface area contributed by atoms with Gasteiger partial charge in [0.25, 0.3) is 11.8 Å². The van der Waals surface area contributed by atoms with E-state index < -0.39 is 6.03 Å². The fraction of sp³-hybridized carbons (Fsp3) is 0.211. The maximum atomic E-state index is 12.3. The number of urea groups is 1. The highest BCUT2D eigenvalue weighted by atomic mass is 16.2. The Bertz CT molecular complexity index is 823. The summed E-state index contributed by atoms with van der Waals surface area (Å²) in [6.45, 7) is 5.71. The summed E-state index contributed by atoms with van der Waals surface area (Å²) < 4.78 is 0. The molecule has 0 radical (unpaired) electrons. The number of nitrogens with one attached hydrogen (secondary N) is 3. The first-order valence-electron chi connectivity index (χ1n) is 8.04. The molecule has 136 valence electrons. The fourth-order valence-electron chi connectivity index (χ4n) is 2.20. The van der Waals surface area contributed by atoms with Gasteiger partial charge in [0, 0.05) is 28.0 Å². The standard InChI is InChI=1S/C19H22N4O3/c1-19(2,3)23-17(25)12-7-9-14(10-8-12)21-16(24)13-5-4-6-15(11-13)22-18(20)26/h4-11H,1-3H3,(H,21,24)(H,23,25)(H3,20,22,26). The van der Waals surface area contributed by atoms with E-state index in [0.29, 0.717) is 22.5 Å². The summed E-state index contributed by atoms with van der Waals surface area (Å²) in [7, 11) is 0. The largest absolute Gasteiger partial charge is 0.351 e. The van der Waals surface area contributed by atoms with Gasteiger partial charge in [-0.15, -0.1) is 0 Å². The second-order valence-corrected chi connectivity index (χ2v) is 6.81. The molecule has 0 unspecified atom stereocenters. The molecule has 0 aliphatic carbocycles. The van der Waals surface area contributed by atoms with Crippen molar-refractivity contribution in [1.82, 2.24) is 5.32 Å². The van der Waals surface area contributed by atoms with Gasteiger partial charge in [-0.2, -0.15) is 0 Å². The average Bonchev–Trinajstić information content (AvgIpc) is 2.53. The normalized spacial score (nSPS) is 10.7. The molecule has 0 saturated heterocycles. The van der Waals surface area contributed by atoms with Crippen molar-refractivity contribution >= 4 is 29.2 Å². The van der Waals surface area contributed by atoms with Gasteiger partial charge >= 0.3 is 6.03 Å². The van der Waals surface area contributed by atoms with Crippen LogP contribution in [0, 0.1) is 0 Å². The maximum absolute atomic E-state index is 12.3. The molecule has 26 heavy (non-hydrogen) atoms. The zero-order valence-electron chi connectivity index (χ0n) is 14.9. The van der Waals surface area contributed by atoms with Crippen molar-refractivity contribution in [2.24, 2.45) is 5.73 Å². The first kappa shape index (κ1) is 19.0. The van der Waals surface area contributed by atoms with Crippen LogP contribution in [0.4, 0.5) is 16.2 Å². The lowest BCUT2D eigenvalue weighted by atomic mass is 10.1. The van der Waals surface area contributed by atoms with Crippen LogP contribution in [0.3, 0.4) is 0 Å². The monoisotopic (exact) mass is 354 g/mol. The van der Waals surface area contributed by atoms with Crippen molar-refractivity contribution in [3.8, 4) is 0 Å². The van der Waals surface area contributed by atoms with Gasteiger partial charge in [0.2, 0.25) is 0 Å². The molecule has 0 heterocycles. The summed E-state index contributed by atoms with van der Waals surface area (Å²) in [6.07, 6.45) is 0. The number of carbonyl (C=O) groups excluding carboxylic acids is 3. The topological polar surface area (TPSA) is 113 Å². The van der Waals surface area contributed by atoms with E-state index in [2.05, 4.69) is 16.0 Å². The molecule has 2 aromatic rings. The lowest BCUT2D eigenvalue weighted by molar-refractivity contribution is 0.0919. The van der Waals surface area contributed by atoms with E-state index in [1.807, 2.05) is 20.8 Å². The van der Waals surface area contributed by atoms with E-state index in [0.717, 1.165) is 0 Å². The van der Waals surface area contributed by atoms with Crippen molar-refractivity contribution in [2.45, 2.75) is 26.3 Å². The van der Waals surface area contributed by atoms with Crippen LogP contribution in [0.1, 0.15) is 41.5 Å². The molecule has 0 atom stereocenters. The SMILES string of the molecule is CC(C)(C)NC(=O)c1ccc(NC(=O)c2cccc(NC(N)=O)c2)cc1. The van der Waals surface area contributed by atoms with Gasteiger partial charge in [-0.25, -0.2) is 4.79 Å². The molecule has 7 heteroatoms. The quantitative estimate of drug-likeness (QED) is 0.677. The molecule has 2 aromatic carbocycles. The minimum absolute atomic E-state index is 0.180. The third-order valence-corrected chi connectivity index (χ3v) is 3.29. The van der Waals surface area contributed by atoms with Crippen molar-refractivity contribution in [2.75, 3.05) is 10.6 Å². The highest BCUT2D eigenvalue weighted by molar-refractivity contribution is 6.05. The number of primary amides is 1. The summed E-state index contributed by atoms with van der Waals surface area (Å²) in [5, 5.41) is 8.03. The molecule has 4 amide bonds. The maximum Gasteiger partial charge on any atom is 0.316 e. The first-order valence-corrected chi connectivity index (χ1v) is 8.04. The van der Waals surface area contributed by atoms with Gasteiger partial charge < -0.3 is 21.7 Å². The Morgan fingerprint density at radius 2 is 1.46 bits per heavy atom. The zero-order chi connectivity index (χ0) is 19.3. The van der Waals surface area contributed by atoms with Gasteiger partial charge in [0.15, 0.2) is 0 Å². The molecule has 2 rings (SSSR count). The Morgan fingerprint density at radius 1 is 0.808 bits per heavy atom. The highest BCUT2D eigenvalue weighted by Crippen LogP contribution is 2.15. The number of carbonyl (C=O) groups is 3. The van der Waals surface area contributed by atoms with Crippen LogP contribution >= 0.6 is 0 Å². The molecule has 0 aliphatic rings. The highest BCUT2D eigenvalue weighted by Gasteiger charge is 2.15. The molecule has 0 saturated carbocycles. The minimum Gasteiger partial charge on any atom is -0.351 e. The lowest BCUT2D eigenvalue weighted by Crippen LogP contribution is -2.40. The summed E-state index contributed by atoms with van der Waals surface area (Å²) in [5.74, 6) is -0.523. The lowest BCUT2D eigenvalue weighted by Gasteiger charge is -2.20. The van der Waals surface area contributed by atoms with Crippen LogP contribution < -0.4 is 21.7 Å². The summed E-state index contributed by atoms with van der Waals surface area (Å²) in [6, 6.07) is 12.3. The molecule has 0 fully saturated rings. The second-order valence-electron chi connectivity index (χ2n) is 6.81. The second kappa shape index (κ2) is 7.69. The molecule has 0 bridgehead atoms. The number of hydrogen-bond acceptors (Lipinski definition) is 3. The van der Waals surface area contributed by atoms with Crippen LogP contribution in [-0.2, 0) is 0 Å². The van der Waals surface area contributed by atoms with Gasteiger partial charge in [-0.3, -0.25) is 9.59 Å². The number of benzene rings is 2. The number of amides is 4. The van der Waals surface area contributed by atoms with Crippen LogP contribution in [0.2, 0.25) is 0 Å². The van der Waals surface area contributed by atoms with E-state index >= 15 is 0 Å². The molecule has 0 spiro atoms. The molecule has 5 N–H and O–H groups in total. The van der Waals surface area contributed by atoms with Crippen LogP contribution in [0.25, 0.3) is 0 Å². The number of nitrogens with two attached hydrogens (primary N) is 1. The van der Waals surface area contributed by atoms with E-state index in [1.54, 1.807) is 42.5 Å². The Kier molecular flexibility index (Phi) is 5.61. The predicted molar refractivity (Wildman–Crippen MR) is 101 cm³/mol. The van der Waals surface area contributed by atoms with Crippen LogP contribution in [0.5, 0.6) is 0 Å². The van der Waals surface area contributed by atoms with Gasteiger partial charge in [-0.05, 0) is 63.2 Å². The van der Waals surface area contributed by atoms with Crippen LogP contribution in [-0.4, -0.2) is 23.4 Å². The minimum atomic E-state index is -0.702. The average molecular weight is 354 g/mol. The van der Waals surface area contributed by atoms with Crippen LogP contribution in [0.15, 0.2) is 48.5 Å². The van der Waals surface area contributed by atoms with E-state index in [9.17, 15) is 14.4 Å². The smallest absolute Gasteiger partial charge is 0.316 e. The summed E-state index contributed by atoms with van der Waals surface area (Å²) in [4.78, 5) is 35.3. The molecule has 7 nitrogen and oxygen atoms in total. The third kappa shape index (κ3) is 5.62. The van der Waals surface area contributed by atoms with Gasteiger partial charge in [-0.1, -0.05) is 6.07 Å². The Labute approximate surface area is 152 Å². The van der Waals surface area contributed by atoms with Crippen molar-refractivity contribution in [3.05, 3.63) is 59.7 Å². The van der Waals surface area contributed by atoms with Crippen molar-refractivity contribution in [3.63, 3.8) is 0 Å². The van der Waals surface area contributed by atoms with E-state index in [-0.39, 0.29) is 17.4 Å². The third-order valence-electron chi connectivity index (χ3n) is 3.29. The fourth-order valence-corrected chi connectivity index (χ4v) is 2.20. The first-order chi connectivity index (χ1) is 12.1. The zero-order valence-corrected chi connectivity index (χ0v) is 14.9. The summed E-state index contributed by atoms with van der Waals surface area (Å²) in [5.41, 5.74) is 6.60. The summed E-state index contributed by atoms with van der Waals surface area (Å²) >= 11 is 0. The molecular formula is C19H22N4O3. The molecule has 0 aliphatic heterocycles. The molecule has 0 aromatic heterocycles. The predicted octanol–water partition coefficient (Wildman–Crippen LogP) is 2.96. The van der Waals surface area contributed by atoms with Gasteiger partial charge in [0.1, 0.15) is 0 Å². The Hall–Kier alpha value is -3.35. The van der Waals surface area contributed by atoms with E-state index in [4.69, 9.17) is 5.73 Å². The Balaban J connectivity index is 2.06. The van der Waals surface area contributed by atoms with Crippen molar-refractivity contribution in [1.29, 1.82) is 0 Å². The molecular weight excluding hydrogens is 332 g/mol. The number of rotatable bonds is 4. The van der Waals surface area contributed by atoms with E-state index in [1.165, 1.54) is 6.07 Å². The van der Waals surface area contributed by atoms with Gasteiger partial charge in [0.05, 0.1) is 0 Å².